The lowest BCUT2D eigenvalue weighted by molar-refractivity contribution is 0.377. The maximum atomic E-state index is 6.28. The van der Waals surface area contributed by atoms with Gasteiger partial charge in [0.2, 0.25) is 0 Å². The van der Waals surface area contributed by atoms with Gasteiger partial charge in [-0.15, -0.1) is 0 Å². The Morgan fingerprint density at radius 2 is 1.94 bits per heavy atom. The van der Waals surface area contributed by atoms with Crippen LogP contribution >= 0.6 is 23.2 Å². The lowest BCUT2D eigenvalue weighted by atomic mass is 9.92. The minimum absolute atomic E-state index is 0.310. The Hall–Kier alpha value is -0.240. The lowest BCUT2D eigenvalue weighted by Gasteiger charge is -2.25. The average Bonchev–Trinajstić information content (AvgIpc) is 2.31. The van der Waals surface area contributed by atoms with Gasteiger partial charge in [-0.1, -0.05) is 56.5 Å². The highest BCUT2D eigenvalue weighted by molar-refractivity contribution is 6.35. The normalized spacial score (nSPS) is 14.6. The molecule has 3 heteroatoms. The zero-order valence-electron chi connectivity index (χ0n) is 10.8. The Labute approximate surface area is 115 Å². The van der Waals surface area contributed by atoms with Gasteiger partial charge in [0.25, 0.3) is 0 Å². The van der Waals surface area contributed by atoms with Crippen LogP contribution in [0, 0.1) is 5.92 Å². The zero-order chi connectivity index (χ0) is 12.8. The summed E-state index contributed by atoms with van der Waals surface area (Å²) in [4.78, 5) is 0. The monoisotopic (exact) mass is 273 g/mol. The van der Waals surface area contributed by atoms with Crippen LogP contribution in [0.1, 0.15) is 45.2 Å². The van der Waals surface area contributed by atoms with Gasteiger partial charge in [0, 0.05) is 16.1 Å². The molecule has 2 atom stereocenters. The molecule has 0 aromatic heterocycles. The van der Waals surface area contributed by atoms with Crippen LogP contribution in [0.25, 0.3) is 0 Å². The molecule has 0 aliphatic rings. The smallest absolute Gasteiger partial charge is 0.0468 e. The van der Waals surface area contributed by atoms with Gasteiger partial charge < -0.3 is 5.32 Å². The maximum Gasteiger partial charge on any atom is 0.0468 e. The fourth-order valence-electron chi connectivity index (χ4n) is 1.91. The molecule has 96 valence electrons. The van der Waals surface area contributed by atoms with Gasteiger partial charge in [0.15, 0.2) is 0 Å². The summed E-state index contributed by atoms with van der Waals surface area (Å²) in [7, 11) is 0. The Balaban J connectivity index is 2.95. The standard InChI is InChI=1S/C14H21Cl2N/c1-4-8-17-14(10(3)5-2)12-7-6-11(15)9-13(12)16/h6-7,9-10,14,17H,4-5,8H2,1-3H3. The predicted molar refractivity (Wildman–Crippen MR) is 77.0 cm³/mol. The van der Waals surface area contributed by atoms with E-state index in [0.29, 0.717) is 17.0 Å². The van der Waals surface area contributed by atoms with Gasteiger partial charge in [-0.2, -0.15) is 0 Å². The topological polar surface area (TPSA) is 12.0 Å². The van der Waals surface area contributed by atoms with E-state index in [1.807, 2.05) is 18.2 Å². The summed E-state index contributed by atoms with van der Waals surface area (Å²) in [5, 5.41) is 5.02. The summed E-state index contributed by atoms with van der Waals surface area (Å²) in [5.74, 6) is 0.556. The zero-order valence-corrected chi connectivity index (χ0v) is 12.3. The first-order chi connectivity index (χ1) is 8.10. The summed E-state index contributed by atoms with van der Waals surface area (Å²) in [6.45, 7) is 7.63. The van der Waals surface area contributed by atoms with Crippen LogP contribution in [-0.4, -0.2) is 6.54 Å². The largest absolute Gasteiger partial charge is 0.310 e. The second-order valence-corrected chi connectivity index (χ2v) is 5.33. The number of nitrogens with one attached hydrogen (secondary N) is 1. The van der Waals surface area contributed by atoms with E-state index in [1.54, 1.807) is 0 Å². The molecule has 1 N–H and O–H groups in total. The predicted octanol–water partition coefficient (Wildman–Crippen LogP) is 5.08. The van der Waals surface area contributed by atoms with Crippen LogP contribution < -0.4 is 5.32 Å². The van der Waals surface area contributed by atoms with Crippen LogP contribution in [0.4, 0.5) is 0 Å². The van der Waals surface area contributed by atoms with Gasteiger partial charge in [-0.3, -0.25) is 0 Å². The molecule has 0 amide bonds. The van der Waals surface area contributed by atoms with Gasteiger partial charge >= 0.3 is 0 Å². The number of rotatable bonds is 6. The maximum absolute atomic E-state index is 6.28. The molecule has 17 heavy (non-hydrogen) atoms. The number of benzene rings is 1. The van der Waals surface area contributed by atoms with Crippen molar-refractivity contribution >= 4 is 23.2 Å². The molecule has 1 aromatic carbocycles. The van der Waals surface area contributed by atoms with E-state index in [9.17, 15) is 0 Å². The molecule has 0 spiro atoms. The van der Waals surface area contributed by atoms with Crippen molar-refractivity contribution in [1.82, 2.24) is 5.32 Å². The van der Waals surface area contributed by atoms with Crippen molar-refractivity contribution in [2.45, 2.75) is 39.7 Å². The molecule has 0 fully saturated rings. The molecular formula is C14H21Cl2N. The number of hydrogen-bond acceptors (Lipinski definition) is 1. The minimum atomic E-state index is 0.310. The SMILES string of the molecule is CCCNC(c1ccc(Cl)cc1Cl)C(C)CC. The summed E-state index contributed by atoms with van der Waals surface area (Å²) < 4.78 is 0. The second-order valence-electron chi connectivity index (χ2n) is 4.48. The van der Waals surface area contributed by atoms with E-state index < -0.39 is 0 Å². The van der Waals surface area contributed by atoms with E-state index in [1.165, 1.54) is 0 Å². The molecule has 1 aromatic rings. The molecule has 0 radical (unpaired) electrons. The Morgan fingerprint density at radius 3 is 2.47 bits per heavy atom. The lowest BCUT2D eigenvalue weighted by Crippen LogP contribution is -2.27. The second kappa shape index (κ2) is 7.25. The molecule has 0 heterocycles. The first kappa shape index (κ1) is 14.8. The first-order valence-corrected chi connectivity index (χ1v) is 7.04. The van der Waals surface area contributed by atoms with Gasteiger partial charge in [-0.05, 0) is 36.6 Å². The third-order valence-corrected chi connectivity index (χ3v) is 3.69. The van der Waals surface area contributed by atoms with Crippen molar-refractivity contribution in [3.63, 3.8) is 0 Å². The highest BCUT2D eigenvalue weighted by atomic mass is 35.5. The third-order valence-electron chi connectivity index (χ3n) is 3.12. The molecule has 0 aliphatic heterocycles. The van der Waals surface area contributed by atoms with E-state index >= 15 is 0 Å². The molecule has 2 unspecified atom stereocenters. The van der Waals surface area contributed by atoms with E-state index in [-0.39, 0.29) is 0 Å². The summed E-state index contributed by atoms with van der Waals surface area (Å²) in [5.41, 5.74) is 1.15. The van der Waals surface area contributed by atoms with Gasteiger partial charge in [0.1, 0.15) is 0 Å². The van der Waals surface area contributed by atoms with Crippen molar-refractivity contribution in [2.75, 3.05) is 6.54 Å². The number of hydrogen-bond donors (Lipinski definition) is 1. The molecule has 1 nitrogen and oxygen atoms in total. The molecule has 0 saturated heterocycles. The third kappa shape index (κ3) is 4.17. The van der Waals surface area contributed by atoms with Crippen LogP contribution in [0.5, 0.6) is 0 Å². The average molecular weight is 274 g/mol. The molecule has 0 aliphatic carbocycles. The summed E-state index contributed by atoms with van der Waals surface area (Å²) in [6.07, 6.45) is 2.25. The Kier molecular flexibility index (Phi) is 6.32. The van der Waals surface area contributed by atoms with Gasteiger partial charge in [-0.25, -0.2) is 0 Å². The fourth-order valence-corrected chi connectivity index (χ4v) is 2.43. The summed E-state index contributed by atoms with van der Waals surface area (Å²) in [6, 6.07) is 6.07. The van der Waals surface area contributed by atoms with Crippen LogP contribution in [-0.2, 0) is 0 Å². The van der Waals surface area contributed by atoms with Crippen LogP contribution in [0.3, 0.4) is 0 Å². The van der Waals surface area contributed by atoms with E-state index in [4.69, 9.17) is 23.2 Å². The Morgan fingerprint density at radius 1 is 1.24 bits per heavy atom. The van der Waals surface area contributed by atoms with Gasteiger partial charge in [0.05, 0.1) is 0 Å². The van der Waals surface area contributed by atoms with Crippen LogP contribution in [0.15, 0.2) is 18.2 Å². The Bertz CT molecular complexity index is 352. The minimum Gasteiger partial charge on any atom is -0.310 e. The number of halogens is 2. The molecule has 0 bridgehead atoms. The molecule has 0 saturated carbocycles. The van der Waals surface area contributed by atoms with Crippen molar-refractivity contribution in [1.29, 1.82) is 0 Å². The molecular weight excluding hydrogens is 253 g/mol. The van der Waals surface area contributed by atoms with Crippen molar-refractivity contribution in [3.8, 4) is 0 Å². The van der Waals surface area contributed by atoms with E-state index in [0.717, 1.165) is 30.0 Å². The molecule has 1 rings (SSSR count). The van der Waals surface area contributed by atoms with Crippen molar-refractivity contribution < 1.29 is 0 Å². The quantitative estimate of drug-likeness (QED) is 0.762. The van der Waals surface area contributed by atoms with Crippen LogP contribution in [0.2, 0.25) is 10.0 Å². The van der Waals surface area contributed by atoms with Crippen molar-refractivity contribution in [2.24, 2.45) is 5.92 Å². The van der Waals surface area contributed by atoms with E-state index in [2.05, 4.69) is 26.1 Å². The highest BCUT2D eigenvalue weighted by Gasteiger charge is 2.19. The first-order valence-electron chi connectivity index (χ1n) is 6.28. The summed E-state index contributed by atoms with van der Waals surface area (Å²) >= 11 is 12.2. The highest BCUT2D eigenvalue weighted by Crippen LogP contribution is 2.31. The van der Waals surface area contributed by atoms with Crippen molar-refractivity contribution in [3.05, 3.63) is 33.8 Å². The fraction of sp³-hybridized carbons (Fsp3) is 0.571.